The Hall–Kier alpha value is -0.410. The van der Waals surface area contributed by atoms with Crippen molar-refractivity contribution in [2.45, 2.75) is 45.2 Å². The monoisotopic (exact) mass is 196 g/mol. The summed E-state index contributed by atoms with van der Waals surface area (Å²) >= 11 is 1.73. The molecule has 2 nitrogen and oxygen atoms in total. The lowest BCUT2D eigenvalue weighted by molar-refractivity contribution is 0.206. The van der Waals surface area contributed by atoms with Crippen LogP contribution in [0.3, 0.4) is 0 Å². The van der Waals surface area contributed by atoms with E-state index in [1.165, 1.54) is 25.0 Å². The average molecular weight is 196 g/mol. The van der Waals surface area contributed by atoms with Crippen molar-refractivity contribution in [1.82, 2.24) is 10.3 Å². The van der Waals surface area contributed by atoms with Crippen LogP contribution in [0.1, 0.15) is 36.9 Å². The molecule has 1 heterocycles. The highest BCUT2D eigenvalue weighted by Gasteiger charge is 2.30. The van der Waals surface area contributed by atoms with Crippen molar-refractivity contribution in [3.05, 3.63) is 16.1 Å². The fraction of sp³-hybridized carbons (Fsp3) is 0.700. The molecule has 2 rings (SSSR count). The second kappa shape index (κ2) is 3.39. The highest BCUT2D eigenvalue weighted by Crippen LogP contribution is 2.31. The molecule has 3 heteroatoms. The predicted molar refractivity (Wildman–Crippen MR) is 55.9 cm³/mol. The molecule has 72 valence electrons. The van der Waals surface area contributed by atoms with Gasteiger partial charge in [0.2, 0.25) is 0 Å². The third-order valence-corrected chi connectivity index (χ3v) is 3.64. The SMILES string of the molecule is Cc1nc(CNC2(C)CCC2)cs1. The lowest BCUT2D eigenvalue weighted by atomic mass is 9.78. The highest BCUT2D eigenvalue weighted by molar-refractivity contribution is 7.09. The van der Waals surface area contributed by atoms with E-state index in [-0.39, 0.29) is 0 Å². The van der Waals surface area contributed by atoms with Crippen LogP contribution in [0.2, 0.25) is 0 Å². The molecule has 0 spiro atoms. The van der Waals surface area contributed by atoms with Crippen LogP contribution >= 0.6 is 11.3 Å². The highest BCUT2D eigenvalue weighted by atomic mass is 32.1. The molecule has 1 aromatic rings. The van der Waals surface area contributed by atoms with Crippen molar-refractivity contribution in [2.24, 2.45) is 0 Å². The predicted octanol–water partition coefficient (Wildman–Crippen LogP) is 2.48. The molecule has 0 atom stereocenters. The van der Waals surface area contributed by atoms with Gasteiger partial charge in [-0.1, -0.05) is 0 Å². The average Bonchev–Trinajstić information content (AvgIpc) is 2.44. The van der Waals surface area contributed by atoms with Crippen LogP contribution < -0.4 is 5.32 Å². The lowest BCUT2D eigenvalue weighted by Gasteiger charge is -2.39. The summed E-state index contributed by atoms with van der Waals surface area (Å²) in [4.78, 5) is 4.43. The molecule has 1 saturated carbocycles. The first-order valence-corrected chi connectivity index (χ1v) is 5.72. The summed E-state index contributed by atoms with van der Waals surface area (Å²) in [5.41, 5.74) is 1.59. The summed E-state index contributed by atoms with van der Waals surface area (Å²) < 4.78 is 0. The number of hydrogen-bond donors (Lipinski definition) is 1. The van der Waals surface area contributed by atoms with E-state index in [1.54, 1.807) is 11.3 Å². The third-order valence-electron chi connectivity index (χ3n) is 2.82. The summed E-state index contributed by atoms with van der Waals surface area (Å²) in [5, 5.41) is 6.88. The molecular formula is C10H16N2S. The molecule has 1 aliphatic carbocycles. The molecule has 0 saturated heterocycles. The zero-order chi connectivity index (χ0) is 9.31. The van der Waals surface area contributed by atoms with Gasteiger partial charge in [-0.2, -0.15) is 0 Å². The van der Waals surface area contributed by atoms with Gasteiger partial charge in [-0.25, -0.2) is 4.98 Å². The fourth-order valence-electron chi connectivity index (χ4n) is 1.68. The zero-order valence-corrected chi connectivity index (χ0v) is 9.08. The van der Waals surface area contributed by atoms with E-state index in [1.807, 2.05) is 0 Å². The number of hydrogen-bond acceptors (Lipinski definition) is 3. The minimum atomic E-state index is 0.400. The Labute approximate surface area is 83.4 Å². The van der Waals surface area contributed by atoms with Crippen LogP contribution in [0.4, 0.5) is 0 Å². The van der Waals surface area contributed by atoms with Crippen LogP contribution in [0.25, 0.3) is 0 Å². The van der Waals surface area contributed by atoms with Crippen molar-refractivity contribution in [2.75, 3.05) is 0 Å². The third kappa shape index (κ3) is 2.09. The van der Waals surface area contributed by atoms with Gasteiger partial charge in [-0.15, -0.1) is 11.3 Å². The summed E-state index contributed by atoms with van der Waals surface area (Å²) in [6.45, 7) is 5.29. The Morgan fingerprint density at radius 1 is 1.62 bits per heavy atom. The Bertz CT molecular complexity index is 289. The molecule has 0 bridgehead atoms. The lowest BCUT2D eigenvalue weighted by Crippen LogP contribution is -2.47. The van der Waals surface area contributed by atoms with Gasteiger partial charge in [0.1, 0.15) is 0 Å². The second-order valence-corrected chi connectivity index (χ2v) is 5.19. The van der Waals surface area contributed by atoms with Crippen molar-refractivity contribution in [3.63, 3.8) is 0 Å². The largest absolute Gasteiger partial charge is 0.306 e. The number of nitrogens with one attached hydrogen (secondary N) is 1. The normalized spacial score (nSPS) is 19.8. The van der Waals surface area contributed by atoms with Crippen LogP contribution in [0.15, 0.2) is 5.38 Å². The van der Waals surface area contributed by atoms with Gasteiger partial charge < -0.3 is 5.32 Å². The van der Waals surface area contributed by atoms with Crippen LogP contribution in [-0.4, -0.2) is 10.5 Å². The van der Waals surface area contributed by atoms with E-state index in [0.717, 1.165) is 11.6 Å². The Balaban J connectivity index is 1.85. The number of aromatic nitrogens is 1. The van der Waals surface area contributed by atoms with Crippen molar-refractivity contribution >= 4 is 11.3 Å². The van der Waals surface area contributed by atoms with E-state index < -0.39 is 0 Å². The van der Waals surface area contributed by atoms with Crippen LogP contribution in [0, 0.1) is 6.92 Å². The van der Waals surface area contributed by atoms with Crippen molar-refractivity contribution < 1.29 is 0 Å². The van der Waals surface area contributed by atoms with Gasteiger partial charge in [-0.3, -0.25) is 0 Å². The molecule has 0 amide bonds. The standard InChI is InChI=1S/C10H16N2S/c1-8-12-9(7-13-8)6-11-10(2)4-3-5-10/h7,11H,3-6H2,1-2H3. The van der Waals surface area contributed by atoms with Gasteiger partial charge in [0, 0.05) is 17.5 Å². The second-order valence-electron chi connectivity index (χ2n) is 4.13. The van der Waals surface area contributed by atoms with Crippen molar-refractivity contribution in [3.8, 4) is 0 Å². The smallest absolute Gasteiger partial charge is 0.0897 e. The van der Waals surface area contributed by atoms with Gasteiger partial charge in [-0.05, 0) is 33.1 Å². The quantitative estimate of drug-likeness (QED) is 0.803. The maximum absolute atomic E-state index is 4.43. The molecule has 0 aliphatic heterocycles. The van der Waals surface area contributed by atoms with E-state index in [4.69, 9.17) is 0 Å². The molecule has 0 unspecified atom stereocenters. The van der Waals surface area contributed by atoms with Gasteiger partial charge in [0.15, 0.2) is 0 Å². The van der Waals surface area contributed by atoms with Gasteiger partial charge in [0.05, 0.1) is 10.7 Å². The molecule has 1 aliphatic rings. The van der Waals surface area contributed by atoms with Crippen LogP contribution in [0.5, 0.6) is 0 Å². The van der Waals surface area contributed by atoms with Crippen molar-refractivity contribution in [1.29, 1.82) is 0 Å². The first-order chi connectivity index (χ1) is 6.18. The summed E-state index contributed by atoms with van der Waals surface area (Å²) in [6.07, 6.45) is 4.01. The van der Waals surface area contributed by atoms with E-state index >= 15 is 0 Å². The molecule has 1 N–H and O–H groups in total. The Morgan fingerprint density at radius 2 is 2.38 bits per heavy atom. The van der Waals surface area contributed by atoms with E-state index in [2.05, 4.69) is 29.5 Å². The number of nitrogens with zero attached hydrogens (tertiary/aromatic N) is 1. The molecule has 1 fully saturated rings. The summed E-state index contributed by atoms with van der Waals surface area (Å²) in [6, 6.07) is 0. The van der Waals surface area contributed by atoms with E-state index in [0.29, 0.717) is 5.54 Å². The first-order valence-electron chi connectivity index (χ1n) is 4.84. The summed E-state index contributed by atoms with van der Waals surface area (Å²) in [7, 11) is 0. The Morgan fingerprint density at radius 3 is 2.85 bits per heavy atom. The maximum Gasteiger partial charge on any atom is 0.0897 e. The fourth-order valence-corrected chi connectivity index (χ4v) is 2.29. The Kier molecular flexibility index (Phi) is 2.39. The van der Waals surface area contributed by atoms with Gasteiger partial charge in [0.25, 0.3) is 0 Å². The molecular weight excluding hydrogens is 180 g/mol. The van der Waals surface area contributed by atoms with Gasteiger partial charge >= 0.3 is 0 Å². The first kappa shape index (κ1) is 9.16. The molecule has 0 radical (unpaired) electrons. The number of thiazole rings is 1. The van der Waals surface area contributed by atoms with Crippen LogP contribution in [-0.2, 0) is 6.54 Å². The minimum absolute atomic E-state index is 0.400. The maximum atomic E-state index is 4.43. The number of rotatable bonds is 3. The number of aryl methyl sites for hydroxylation is 1. The molecule has 13 heavy (non-hydrogen) atoms. The molecule has 1 aromatic heterocycles. The molecule has 0 aromatic carbocycles. The zero-order valence-electron chi connectivity index (χ0n) is 8.26. The topological polar surface area (TPSA) is 24.9 Å². The van der Waals surface area contributed by atoms with E-state index in [9.17, 15) is 0 Å². The summed E-state index contributed by atoms with van der Waals surface area (Å²) in [5.74, 6) is 0. The minimum Gasteiger partial charge on any atom is -0.306 e.